The van der Waals surface area contributed by atoms with Gasteiger partial charge in [-0.25, -0.2) is 8.42 Å². The van der Waals surface area contributed by atoms with E-state index in [-0.39, 0.29) is 27.5 Å². The lowest BCUT2D eigenvalue weighted by Gasteiger charge is -2.21. The molecule has 0 atom stereocenters. The van der Waals surface area contributed by atoms with Gasteiger partial charge in [0.15, 0.2) is 0 Å². The number of rotatable bonds is 6. The summed E-state index contributed by atoms with van der Waals surface area (Å²) in [6.07, 6.45) is 0. The number of anilines is 1. The van der Waals surface area contributed by atoms with Crippen LogP contribution in [0.1, 0.15) is 26.3 Å². The third-order valence-electron chi connectivity index (χ3n) is 4.04. The number of halogens is 1. The topological polar surface area (TPSA) is 73.9 Å². The number of methoxy groups -OCH3 is 3. The lowest BCUT2D eigenvalue weighted by atomic mass is 9.87. The molecule has 6 nitrogen and oxygen atoms in total. The smallest absolute Gasteiger partial charge is 0.265 e. The minimum atomic E-state index is -3.96. The van der Waals surface area contributed by atoms with Crippen LogP contribution in [-0.2, 0) is 15.4 Å². The van der Waals surface area contributed by atoms with E-state index in [0.717, 1.165) is 5.56 Å². The Balaban J connectivity index is 2.57. The molecular formula is C19H24ClNO5S. The summed E-state index contributed by atoms with van der Waals surface area (Å²) < 4.78 is 44.4. The van der Waals surface area contributed by atoms with E-state index in [1.807, 2.05) is 26.8 Å². The van der Waals surface area contributed by atoms with Crippen LogP contribution in [0.25, 0.3) is 0 Å². The zero-order valence-corrected chi connectivity index (χ0v) is 17.8. The maximum atomic E-state index is 13.1. The highest BCUT2D eigenvalue weighted by Gasteiger charge is 2.25. The molecule has 0 spiro atoms. The van der Waals surface area contributed by atoms with Crippen LogP contribution in [0.3, 0.4) is 0 Å². The van der Waals surface area contributed by atoms with Gasteiger partial charge in [-0.1, -0.05) is 38.4 Å². The Bertz CT molecular complexity index is 936. The van der Waals surface area contributed by atoms with Gasteiger partial charge < -0.3 is 14.2 Å². The molecule has 0 bridgehead atoms. The minimum absolute atomic E-state index is 0.0356. The molecule has 0 aliphatic carbocycles. The molecular weight excluding hydrogens is 390 g/mol. The van der Waals surface area contributed by atoms with E-state index in [1.54, 1.807) is 12.1 Å². The van der Waals surface area contributed by atoms with E-state index < -0.39 is 10.0 Å². The molecule has 0 heterocycles. The second-order valence-corrected chi connectivity index (χ2v) is 8.97. The summed E-state index contributed by atoms with van der Waals surface area (Å²) >= 11 is 6.08. The SMILES string of the molecule is COc1cc(NS(=O)(=O)c2cc(C(C)(C)C)ccc2OC)c(OC)cc1Cl. The molecule has 0 fully saturated rings. The maximum absolute atomic E-state index is 13.1. The van der Waals surface area contributed by atoms with Crippen LogP contribution in [0, 0.1) is 0 Å². The van der Waals surface area contributed by atoms with Gasteiger partial charge in [-0.3, -0.25) is 4.72 Å². The van der Waals surface area contributed by atoms with Crippen LogP contribution in [-0.4, -0.2) is 29.7 Å². The fourth-order valence-electron chi connectivity index (χ4n) is 2.49. The number of sulfonamides is 1. The number of ether oxygens (including phenoxy) is 3. The first-order chi connectivity index (χ1) is 12.5. The monoisotopic (exact) mass is 413 g/mol. The van der Waals surface area contributed by atoms with Gasteiger partial charge in [-0.15, -0.1) is 0 Å². The maximum Gasteiger partial charge on any atom is 0.265 e. The third kappa shape index (κ3) is 4.59. The summed E-state index contributed by atoms with van der Waals surface area (Å²) in [7, 11) is 0.338. The molecule has 0 aliphatic heterocycles. The minimum Gasteiger partial charge on any atom is -0.495 e. The molecule has 0 aromatic heterocycles. The molecule has 2 aromatic carbocycles. The summed E-state index contributed by atoms with van der Waals surface area (Å²) in [5, 5.41) is 0.310. The Kier molecular flexibility index (Phi) is 6.17. The highest BCUT2D eigenvalue weighted by Crippen LogP contribution is 2.38. The highest BCUT2D eigenvalue weighted by molar-refractivity contribution is 7.92. The Morgan fingerprint density at radius 3 is 2.00 bits per heavy atom. The number of benzene rings is 2. The second-order valence-electron chi connectivity index (χ2n) is 6.91. The van der Waals surface area contributed by atoms with Crippen molar-refractivity contribution in [2.24, 2.45) is 0 Å². The highest BCUT2D eigenvalue weighted by atomic mass is 35.5. The van der Waals surface area contributed by atoms with E-state index in [9.17, 15) is 8.42 Å². The van der Waals surface area contributed by atoms with Crippen molar-refractivity contribution in [2.45, 2.75) is 31.1 Å². The molecule has 2 aromatic rings. The third-order valence-corrected chi connectivity index (χ3v) is 5.72. The largest absolute Gasteiger partial charge is 0.495 e. The lowest BCUT2D eigenvalue weighted by Crippen LogP contribution is -2.17. The van der Waals surface area contributed by atoms with Crippen molar-refractivity contribution in [3.05, 3.63) is 40.9 Å². The normalized spacial score (nSPS) is 11.8. The Morgan fingerprint density at radius 2 is 1.48 bits per heavy atom. The van der Waals surface area contributed by atoms with Crippen molar-refractivity contribution >= 4 is 27.3 Å². The molecule has 0 radical (unpaired) electrons. The van der Waals surface area contributed by atoms with E-state index in [0.29, 0.717) is 10.8 Å². The average Bonchev–Trinajstić information content (AvgIpc) is 2.61. The van der Waals surface area contributed by atoms with Gasteiger partial charge in [0, 0.05) is 12.1 Å². The van der Waals surface area contributed by atoms with Gasteiger partial charge in [-0.05, 0) is 23.1 Å². The van der Waals surface area contributed by atoms with Crippen LogP contribution in [0.2, 0.25) is 5.02 Å². The van der Waals surface area contributed by atoms with Gasteiger partial charge in [0.05, 0.1) is 32.0 Å². The van der Waals surface area contributed by atoms with Gasteiger partial charge in [0.2, 0.25) is 0 Å². The average molecular weight is 414 g/mol. The molecule has 0 aliphatic rings. The standard InChI is InChI=1S/C19H24ClNO5S/c1-19(2,3)12-7-8-15(24-4)18(9-12)27(22,23)21-14-11-16(25-5)13(20)10-17(14)26-6/h7-11,21H,1-6H3. The number of hydrogen-bond donors (Lipinski definition) is 1. The van der Waals surface area contributed by atoms with E-state index in [1.165, 1.54) is 33.5 Å². The van der Waals surface area contributed by atoms with Crippen LogP contribution in [0.15, 0.2) is 35.2 Å². The van der Waals surface area contributed by atoms with E-state index >= 15 is 0 Å². The van der Waals surface area contributed by atoms with Crippen LogP contribution < -0.4 is 18.9 Å². The first-order valence-corrected chi connectivity index (χ1v) is 10.0. The van der Waals surface area contributed by atoms with Crippen LogP contribution in [0.5, 0.6) is 17.2 Å². The molecule has 0 saturated carbocycles. The summed E-state index contributed by atoms with van der Waals surface area (Å²) in [6, 6.07) is 8.07. The van der Waals surface area contributed by atoms with Crippen LogP contribution >= 0.6 is 11.6 Å². The quantitative estimate of drug-likeness (QED) is 0.756. The fraction of sp³-hybridized carbons (Fsp3) is 0.368. The fourth-order valence-corrected chi connectivity index (χ4v) is 3.98. The molecule has 2 rings (SSSR count). The first-order valence-electron chi connectivity index (χ1n) is 8.16. The van der Waals surface area contributed by atoms with E-state index in [2.05, 4.69) is 4.72 Å². The molecule has 1 N–H and O–H groups in total. The molecule has 0 unspecified atom stereocenters. The Hall–Kier alpha value is -2.12. The van der Waals surface area contributed by atoms with Crippen molar-refractivity contribution in [3.63, 3.8) is 0 Å². The summed E-state index contributed by atoms with van der Waals surface area (Å²) in [6.45, 7) is 6.02. The van der Waals surface area contributed by atoms with Gasteiger partial charge in [0.1, 0.15) is 22.1 Å². The summed E-state index contributed by atoms with van der Waals surface area (Å²) in [4.78, 5) is 0.0356. The second kappa shape index (κ2) is 7.86. The van der Waals surface area contributed by atoms with Gasteiger partial charge in [-0.2, -0.15) is 0 Å². The Labute approximate surface area is 165 Å². The molecule has 0 saturated heterocycles. The van der Waals surface area contributed by atoms with Crippen LogP contribution in [0.4, 0.5) is 5.69 Å². The van der Waals surface area contributed by atoms with Crippen molar-refractivity contribution in [2.75, 3.05) is 26.1 Å². The zero-order chi connectivity index (χ0) is 20.4. The number of nitrogens with one attached hydrogen (secondary N) is 1. The molecule has 27 heavy (non-hydrogen) atoms. The summed E-state index contributed by atoms with van der Waals surface area (Å²) in [5.41, 5.74) is 0.851. The van der Waals surface area contributed by atoms with Crippen molar-refractivity contribution in [1.82, 2.24) is 0 Å². The zero-order valence-electron chi connectivity index (χ0n) is 16.2. The van der Waals surface area contributed by atoms with Crippen molar-refractivity contribution < 1.29 is 22.6 Å². The van der Waals surface area contributed by atoms with Crippen molar-refractivity contribution in [1.29, 1.82) is 0 Å². The predicted octanol–water partition coefficient (Wildman–Crippen LogP) is 4.46. The molecule has 148 valence electrons. The molecule has 0 amide bonds. The summed E-state index contributed by atoms with van der Waals surface area (Å²) in [5.74, 6) is 0.844. The van der Waals surface area contributed by atoms with E-state index in [4.69, 9.17) is 25.8 Å². The lowest BCUT2D eigenvalue weighted by molar-refractivity contribution is 0.401. The number of hydrogen-bond acceptors (Lipinski definition) is 5. The molecule has 8 heteroatoms. The van der Waals surface area contributed by atoms with Crippen molar-refractivity contribution in [3.8, 4) is 17.2 Å². The first kappa shape index (κ1) is 21.2. The van der Waals surface area contributed by atoms with Gasteiger partial charge >= 0.3 is 0 Å². The predicted molar refractivity (Wildman–Crippen MR) is 107 cm³/mol. The van der Waals surface area contributed by atoms with Gasteiger partial charge in [0.25, 0.3) is 10.0 Å². The Morgan fingerprint density at radius 1 is 0.889 bits per heavy atom.